The summed E-state index contributed by atoms with van der Waals surface area (Å²) in [7, 11) is 0. The first-order valence-corrected chi connectivity index (χ1v) is 8.82. The zero-order valence-electron chi connectivity index (χ0n) is 14.1. The first-order valence-electron chi connectivity index (χ1n) is 8.44. The van der Waals surface area contributed by atoms with E-state index in [2.05, 4.69) is 15.4 Å². The van der Waals surface area contributed by atoms with Crippen molar-refractivity contribution in [3.8, 4) is 0 Å². The molecule has 24 heavy (non-hydrogen) atoms. The Morgan fingerprint density at radius 1 is 1.33 bits per heavy atom. The molecule has 0 spiro atoms. The lowest BCUT2D eigenvalue weighted by Crippen LogP contribution is -2.38. The van der Waals surface area contributed by atoms with Crippen molar-refractivity contribution in [3.05, 3.63) is 46.5 Å². The van der Waals surface area contributed by atoms with Gasteiger partial charge in [0.05, 0.1) is 22.0 Å². The standard InChI is InChI=1S/C18H23ClN4O/c1-12-7-8-23(22-12)11-14-3-5-16(6-4-14)21-18(24)17-9-15(19)10-20-13(17)2/h7-10,14,16H,3-6,11H2,1-2H3,(H,21,24)/t14-,16-. The highest BCUT2D eigenvalue weighted by molar-refractivity contribution is 6.30. The van der Waals surface area contributed by atoms with Gasteiger partial charge in [0.15, 0.2) is 0 Å². The summed E-state index contributed by atoms with van der Waals surface area (Å²) in [4.78, 5) is 16.6. The Bertz CT molecular complexity index is 720. The largest absolute Gasteiger partial charge is 0.349 e. The number of amides is 1. The second-order valence-corrected chi connectivity index (χ2v) is 7.09. The summed E-state index contributed by atoms with van der Waals surface area (Å²) in [5, 5.41) is 8.08. The Kier molecular flexibility index (Phi) is 5.19. The van der Waals surface area contributed by atoms with Crippen LogP contribution in [0.15, 0.2) is 24.5 Å². The zero-order valence-corrected chi connectivity index (χ0v) is 14.9. The molecule has 1 amide bonds. The Labute approximate surface area is 147 Å². The summed E-state index contributed by atoms with van der Waals surface area (Å²) in [6, 6.07) is 3.95. The van der Waals surface area contributed by atoms with Gasteiger partial charge in [0.1, 0.15) is 0 Å². The van der Waals surface area contributed by atoms with Crippen LogP contribution in [0.3, 0.4) is 0 Å². The molecule has 0 saturated heterocycles. The maximum absolute atomic E-state index is 12.4. The lowest BCUT2D eigenvalue weighted by Gasteiger charge is -2.29. The minimum Gasteiger partial charge on any atom is -0.349 e. The van der Waals surface area contributed by atoms with Crippen LogP contribution in [0.5, 0.6) is 0 Å². The Morgan fingerprint density at radius 3 is 2.75 bits per heavy atom. The Hall–Kier alpha value is -1.88. The summed E-state index contributed by atoms with van der Waals surface area (Å²) in [5.74, 6) is 0.556. The molecule has 1 fully saturated rings. The molecule has 5 nitrogen and oxygen atoms in total. The molecule has 2 heterocycles. The predicted molar refractivity (Wildman–Crippen MR) is 94.2 cm³/mol. The summed E-state index contributed by atoms with van der Waals surface area (Å²) >= 11 is 5.95. The van der Waals surface area contributed by atoms with Crippen LogP contribution < -0.4 is 5.32 Å². The van der Waals surface area contributed by atoms with Gasteiger partial charge < -0.3 is 5.32 Å². The third-order valence-corrected chi connectivity index (χ3v) is 4.91. The molecule has 1 aliphatic rings. The van der Waals surface area contributed by atoms with E-state index in [9.17, 15) is 4.79 Å². The highest BCUT2D eigenvalue weighted by Gasteiger charge is 2.24. The van der Waals surface area contributed by atoms with Gasteiger partial charge in [-0.1, -0.05) is 11.6 Å². The molecule has 1 aliphatic carbocycles. The number of carbonyl (C=O) groups excluding carboxylic acids is 1. The lowest BCUT2D eigenvalue weighted by atomic mass is 9.86. The van der Waals surface area contributed by atoms with Crippen LogP contribution in [-0.4, -0.2) is 26.7 Å². The van der Waals surface area contributed by atoms with Crippen LogP contribution in [-0.2, 0) is 6.54 Å². The summed E-state index contributed by atoms with van der Waals surface area (Å²) in [5.41, 5.74) is 2.33. The third-order valence-electron chi connectivity index (χ3n) is 4.70. The molecule has 6 heteroatoms. The number of nitrogens with one attached hydrogen (secondary N) is 1. The van der Waals surface area contributed by atoms with Crippen LogP contribution >= 0.6 is 11.6 Å². The normalized spacial score (nSPS) is 20.8. The van der Waals surface area contributed by atoms with E-state index in [-0.39, 0.29) is 11.9 Å². The number of hydrogen-bond acceptors (Lipinski definition) is 3. The molecule has 0 bridgehead atoms. The number of halogens is 1. The number of aryl methyl sites for hydroxylation is 2. The smallest absolute Gasteiger partial charge is 0.253 e. The fourth-order valence-electron chi connectivity index (χ4n) is 3.32. The molecule has 0 aliphatic heterocycles. The second-order valence-electron chi connectivity index (χ2n) is 6.66. The molecule has 0 aromatic carbocycles. The van der Waals surface area contributed by atoms with Gasteiger partial charge in [0.25, 0.3) is 5.91 Å². The van der Waals surface area contributed by atoms with E-state index in [1.54, 1.807) is 12.3 Å². The number of pyridine rings is 1. The minimum absolute atomic E-state index is 0.0753. The van der Waals surface area contributed by atoms with Gasteiger partial charge in [-0.05, 0) is 57.6 Å². The SMILES string of the molecule is Cc1ccn(C[C@H]2CC[C@H](NC(=O)c3cc(Cl)cnc3C)CC2)n1. The first-order chi connectivity index (χ1) is 11.5. The van der Waals surface area contributed by atoms with Gasteiger partial charge in [-0.2, -0.15) is 5.10 Å². The molecule has 0 radical (unpaired) electrons. The van der Waals surface area contributed by atoms with E-state index in [1.165, 1.54) is 0 Å². The highest BCUT2D eigenvalue weighted by atomic mass is 35.5. The van der Waals surface area contributed by atoms with Crippen molar-refractivity contribution in [1.29, 1.82) is 0 Å². The van der Waals surface area contributed by atoms with Crippen molar-refractivity contribution in [3.63, 3.8) is 0 Å². The quantitative estimate of drug-likeness (QED) is 0.921. The minimum atomic E-state index is -0.0753. The van der Waals surface area contributed by atoms with E-state index < -0.39 is 0 Å². The zero-order chi connectivity index (χ0) is 17.1. The number of aromatic nitrogens is 3. The number of hydrogen-bond donors (Lipinski definition) is 1. The summed E-state index contributed by atoms with van der Waals surface area (Å²) < 4.78 is 2.03. The molecule has 2 aromatic rings. The van der Waals surface area contributed by atoms with Crippen LogP contribution in [0, 0.1) is 19.8 Å². The third kappa shape index (κ3) is 4.15. The Balaban J connectivity index is 1.51. The second kappa shape index (κ2) is 7.34. The van der Waals surface area contributed by atoms with Crippen molar-refractivity contribution in [2.24, 2.45) is 5.92 Å². The predicted octanol–water partition coefficient (Wildman–Crippen LogP) is 3.54. The Morgan fingerprint density at radius 2 is 2.08 bits per heavy atom. The fraction of sp³-hybridized carbons (Fsp3) is 0.500. The molecular weight excluding hydrogens is 324 g/mol. The van der Waals surface area contributed by atoms with Crippen LogP contribution in [0.1, 0.15) is 47.4 Å². The van der Waals surface area contributed by atoms with Crippen molar-refractivity contribution >= 4 is 17.5 Å². The summed E-state index contributed by atoms with van der Waals surface area (Å²) in [6.45, 7) is 4.80. The fourth-order valence-corrected chi connectivity index (χ4v) is 3.48. The molecule has 128 valence electrons. The van der Waals surface area contributed by atoms with E-state index in [0.717, 1.165) is 37.9 Å². The molecule has 0 atom stereocenters. The van der Waals surface area contributed by atoms with E-state index >= 15 is 0 Å². The monoisotopic (exact) mass is 346 g/mol. The molecule has 1 N–H and O–H groups in total. The lowest BCUT2D eigenvalue weighted by molar-refractivity contribution is 0.0919. The van der Waals surface area contributed by atoms with Gasteiger partial charge >= 0.3 is 0 Å². The van der Waals surface area contributed by atoms with Gasteiger partial charge in [-0.3, -0.25) is 14.5 Å². The molecule has 0 unspecified atom stereocenters. The van der Waals surface area contributed by atoms with E-state index in [1.807, 2.05) is 30.8 Å². The maximum Gasteiger partial charge on any atom is 0.253 e. The van der Waals surface area contributed by atoms with Crippen molar-refractivity contribution in [2.75, 3.05) is 0 Å². The first kappa shape index (κ1) is 17.0. The molecule has 3 rings (SSSR count). The molecule has 1 saturated carbocycles. The van der Waals surface area contributed by atoms with Crippen LogP contribution in [0.4, 0.5) is 0 Å². The summed E-state index contributed by atoms with van der Waals surface area (Å²) in [6.07, 6.45) is 7.83. The van der Waals surface area contributed by atoms with Gasteiger partial charge in [0, 0.05) is 25.0 Å². The molecule has 2 aromatic heterocycles. The van der Waals surface area contributed by atoms with Crippen molar-refractivity contribution in [1.82, 2.24) is 20.1 Å². The average molecular weight is 347 g/mol. The van der Waals surface area contributed by atoms with Crippen molar-refractivity contribution < 1.29 is 4.79 Å². The number of rotatable bonds is 4. The average Bonchev–Trinajstić information content (AvgIpc) is 2.96. The molecular formula is C18H23ClN4O. The maximum atomic E-state index is 12.4. The van der Waals surface area contributed by atoms with Gasteiger partial charge in [-0.25, -0.2) is 0 Å². The van der Waals surface area contributed by atoms with E-state index in [4.69, 9.17) is 11.6 Å². The number of nitrogens with zero attached hydrogens (tertiary/aromatic N) is 3. The van der Waals surface area contributed by atoms with Gasteiger partial charge in [-0.15, -0.1) is 0 Å². The van der Waals surface area contributed by atoms with Crippen LogP contribution in [0.2, 0.25) is 5.02 Å². The van der Waals surface area contributed by atoms with Crippen LogP contribution in [0.25, 0.3) is 0 Å². The highest BCUT2D eigenvalue weighted by Crippen LogP contribution is 2.26. The number of carbonyl (C=O) groups is 1. The van der Waals surface area contributed by atoms with Crippen molar-refractivity contribution in [2.45, 2.75) is 52.1 Å². The van der Waals surface area contributed by atoms with E-state index in [0.29, 0.717) is 22.2 Å². The van der Waals surface area contributed by atoms with Gasteiger partial charge in [0.2, 0.25) is 0 Å². The topological polar surface area (TPSA) is 59.8 Å².